The van der Waals surface area contributed by atoms with E-state index in [2.05, 4.69) is 20.3 Å². The lowest BCUT2D eigenvalue weighted by Gasteiger charge is -2.18. The molecule has 0 fully saturated rings. The van der Waals surface area contributed by atoms with Crippen LogP contribution in [0.15, 0.2) is 23.7 Å². The van der Waals surface area contributed by atoms with E-state index in [1.165, 1.54) is 4.88 Å². The molecule has 6 heteroatoms. The molecular weight excluding hydrogens is 234 g/mol. The van der Waals surface area contributed by atoms with E-state index in [0.717, 1.165) is 18.1 Å². The second-order valence-electron chi connectivity index (χ2n) is 3.74. The quantitative estimate of drug-likeness (QED) is 0.638. The van der Waals surface area contributed by atoms with Crippen molar-refractivity contribution in [1.82, 2.24) is 9.97 Å². The van der Waals surface area contributed by atoms with Gasteiger partial charge < -0.3 is 10.3 Å². The maximum atomic E-state index is 5.34. The first-order valence-electron chi connectivity index (χ1n) is 5.24. The van der Waals surface area contributed by atoms with Gasteiger partial charge in [-0.1, -0.05) is 6.07 Å². The molecule has 0 aliphatic heterocycles. The number of nitrogens with zero attached hydrogens (tertiary/aromatic N) is 3. The molecule has 0 aliphatic rings. The van der Waals surface area contributed by atoms with Crippen molar-refractivity contribution in [1.29, 1.82) is 0 Å². The molecule has 0 amide bonds. The fourth-order valence-electron chi connectivity index (χ4n) is 1.49. The molecule has 0 saturated heterocycles. The predicted octanol–water partition coefficient (Wildman–Crippen LogP) is 1.77. The molecule has 0 radical (unpaired) electrons. The third-order valence-corrected chi connectivity index (χ3v) is 3.42. The van der Waals surface area contributed by atoms with Gasteiger partial charge in [0.2, 0.25) is 0 Å². The topological polar surface area (TPSA) is 67.1 Å². The van der Waals surface area contributed by atoms with Crippen LogP contribution >= 0.6 is 11.3 Å². The van der Waals surface area contributed by atoms with Gasteiger partial charge in [-0.2, -0.15) is 0 Å². The van der Waals surface area contributed by atoms with Crippen LogP contribution in [0.2, 0.25) is 0 Å². The predicted molar refractivity (Wildman–Crippen MR) is 71.0 cm³/mol. The summed E-state index contributed by atoms with van der Waals surface area (Å²) in [5, 5.41) is 0. The largest absolute Gasteiger partial charge is 0.354 e. The average molecular weight is 249 g/mol. The number of hydrogen-bond donors (Lipinski definition) is 2. The van der Waals surface area contributed by atoms with Gasteiger partial charge in [-0.3, -0.25) is 0 Å². The van der Waals surface area contributed by atoms with Crippen LogP contribution in [0.3, 0.4) is 0 Å². The van der Waals surface area contributed by atoms with Crippen LogP contribution in [-0.2, 0) is 6.54 Å². The molecule has 3 N–H and O–H groups in total. The van der Waals surface area contributed by atoms with E-state index in [-0.39, 0.29) is 0 Å². The van der Waals surface area contributed by atoms with E-state index >= 15 is 0 Å². The van der Waals surface area contributed by atoms with Gasteiger partial charge in [-0.15, -0.1) is 11.3 Å². The Morgan fingerprint density at radius 1 is 1.47 bits per heavy atom. The highest BCUT2D eigenvalue weighted by molar-refractivity contribution is 7.09. The van der Waals surface area contributed by atoms with Gasteiger partial charge in [0.05, 0.1) is 17.7 Å². The minimum absolute atomic E-state index is 0.662. The Balaban J connectivity index is 2.14. The minimum atomic E-state index is 0.662. The smallest absolute Gasteiger partial charge is 0.142 e. The number of hydrazine groups is 1. The number of nitrogens with two attached hydrogens (primary N) is 1. The van der Waals surface area contributed by atoms with E-state index in [4.69, 9.17) is 5.84 Å². The van der Waals surface area contributed by atoms with Crippen molar-refractivity contribution in [3.63, 3.8) is 0 Å². The molecule has 2 aromatic rings. The Bertz CT molecular complexity index is 496. The number of anilines is 2. The number of rotatable bonds is 4. The van der Waals surface area contributed by atoms with Crippen LogP contribution in [0.1, 0.15) is 10.6 Å². The van der Waals surface area contributed by atoms with E-state index in [1.54, 1.807) is 11.3 Å². The zero-order valence-corrected chi connectivity index (χ0v) is 10.7. The fraction of sp³-hybridized carbons (Fsp3) is 0.273. The first-order chi connectivity index (χ1) is 8.20. The SMILES string of the molecule is Cc1ncsc1CN(C)c1cccc(NN)n1. The van der Waals surface area contributed by atoms with Crippen LogP contribution in [0.5, 0.6) is 0 Å². The number of aryl methyl sites for hydroxylation is 1. The van der Waals surface area contributed by atoms with E-state index in [0.29, 0.717) is 5.82 Å². The highest BCUT2D eigenvalue weighted by atomic mass is 32.1. The molecule has 0 spiro atoms. The highest BCUT2D eigenvalue weighted by Gasteiger charge is 2.07. The molecular formula is C11H15N5S. The normalized spacial score (nSPS) is 10.3. The molecule has 5 nitrogen and oxygen atoms in total. The van der Waals surface area contributed by atoms with Gasteiger partial charge in [0.25, 0.3) is 0 Å². The van der Waals surface area contributed by atoms with Gasteiger partial charge in [0.15, 0.2) is 0 Å². The number of thiazole rings is 1. The standard InChI is InChI=1S/C11H15N5S/c1-8-9(17-7-13-8)6-16(2)11-5-3-4-10(14-11)15-12/h3-5,7H,6,12H2,1-2H3,(H,14,15). The molecule has 90 valence electrons. The van der Waals surface area contributed by atoms with Gasteiger partial charge in [-0.05, 0) is 19.1 Å². The van der Waals surface area contributed by atoms with Crippen LogP contribution in [0.4, 0.5) is 11.6 Å². The van der Waals surface area contributed by atoms with E-state index in [1.807, 2.05) is 37.7 Å². The summed E-state index contributed by atoms with van der Waals surface area (Å²) in [5.74, 6) is 6.89. The number of hydrogen-bond acceptors (Lipinski definition) is 6. The van der Waals surface area contributed by atoms with Crippen LogP contribution in [-0.4, -0.2) is 17.0 Å². The summed E-state index contributed by atoms with van der Waals surface area (Å²) >= 11 is 1.66. The van der Waals surface area contributed by atoms with Crippen molar-refractivity contribution in [3.8, 4) is 0 Å². The monoisotopic (exact) mass is 249 g/mol. The summed E-state index contributed by atoms with van der Waals surface area (Å²) < 4.78 is 0. The minimum Gasteiger partial charge on any atom is -0.354 e. The molecule has 2 rings (SSSR count). The summed E-state index contributed by atoms with van der Waals surface area (Å²) in [6.07, 6.45) is 0. The third kappa shape index (κ3) is 2.72. The first-order valence-corrected chi connectivity index (χ1v) is 6.12. The zero-order valence-electron chi connectivity index (χ0n) is 9.84. The number of nitrogen functional groups attached to an aromatic ring is 1. The number of aromatic nitrogens is 2. The molecule has 0 atom stereocenters. The van der Waals surface area contributed by atoms with Gasteiger partial charge in [0, 0.05) is 11.9 Å². The van der Waals surface area contributed by atoms with Gasteiger partial charge >= 0.3 is 0 Å². The van der Waals surface area contributed by atoms with E-state index in [9.17, 15) is 0 Å². The summed E-state index contributed by atoms with van der Waals surface area (Å²) in [4.78, 5) is 11.9. The van der Waals surface area contributed by atoms with Crippen molar-refractivity contribution in [2.45, 2.75) is 13.5 Å². The van der Waals surface area contributed by atoms with Crippen molar-refractivity contribution in [2.75, 3.05) is 17.4 Å². The molecule has 0 aromatic carbocycles. The molecule has 17 heavy (non-hydrogen) atoms. The lowest BCUT2D eigenvalue weighted by molar-refractivity contribution is 0.901. The second-order valence-corrected chi connectivity index (χ2v) is 4.68. The Morgan fingerprint density at radius 3 is 2.94 bits per heavy atom. The molecule has 0 saturated carbocycles. The van der Waals surface area contributed by atoms with Crippen molar-refractivity contribution >= 4 is 23.0 Å². The maximum Gasteiger partial charge on any atom is 0.142 e. The highest BCUT2D eigenvalue weighted by Crippen LogP contribution is 2.19. The summed E-state index contributed by atoms with van der Waals surface area (Å²) in [6, 6.07) is 5.71. The number of nitrogens with one attached hydrogen (secondary N) is 1. The fourth-order valence-corrected chi connectivity index (χ4v) is 2.32. The lowest BCUT2D eigenvalue weighted by Crippen LogP contribution is -2.18. The zero-order chi connectivity index (χ0) is 12.3. The van der Waals surface area contributed by atoms with Crippen molar-refractivity contribution in [3.05, 3.63) is 34.3 Å². The summed E-state index contributed by atoms with van der Waals surface area (Å²) in [6.45, 7) is 2.82. The summed E-state index contributed by atoms with van der Waals surface area (Å²) in [5.41, 5.74) is 5.49. The average Bonchev–Trinajstić information content (AvgIpc) is 2.75. The molecule has 2 aromatic heterocycles. The third-order valence-electron chi connectivity index (χ3n) is 2.50. The Labute approximate surface area is 104 Å². The van der Waals surface area contributed by atoms with Gasteiger partial charge in [-0.25, -0.2) is 15.8 Å². The first kappa shape index (κ1) is 11.8. The lowest BCUT2D eigenvalue weighted by atomic mass is 10.3. The number of pyridine rings is 1. The Morgan fingerprint density at radius 2 is 2.29 bits per heavy atom. The van der Waals surface area contributed by atoms with Gasteiger partial charge in [0.1, 0.15) is 11.6 Å². The van der Waals surface area contributed by atoms with Crippen molar-refractivity contribution < 1.29 is 0 Å². The van der Waals surface area contributed by atoms with Crippen LogP contribution < -0.4 is 16.2 Å². The Hall–Kier alpha value is -1.66. The summed E-state index contributed by atoms with van der Waals surface area (Å²) in [7, 11) is 2.00. The maximum absolute atomic E-state index is 5.34. The van der Waals surface area contributed by atoms with Crippen molar-refractivity contribution in [2.24, 2.45) is 5.84 Å². The Kier molecular flexibility index (Phi) is 3.55. The van der Waals surface area contributed by atoms with Crippen LogP contribution in [0.25, 0.3) is 0 Å². The van der Waals surface area contributed by atoms with E-state index < -0.39 is 0 Å². The molecule has 0 bridgehead atoms. The van der Waals surface area contributed by atoms with Crippen LogP contribution in [0, 0.1) is 6.92 Å². The second kappa shape index (κ2) is 5.11. The molecule has 0 unspecified atom stereocenters. The molecule has 2 heterocycles. The molecule has 0 aliphatic carbocycles.